The van der Waals surface area contributed by atoms with Gasteiger partial charge < -0.3 is 15.2 Å². The Morgan fingerprint density at radius 2 is 2.13 bits per heavy atom. The smallest absolute Gasteiger partial charge is 0.332 e. The van der Waals surface area contributed by atoms with Gasteiger partial charge in [0.1, 0.15) is 6.10 Å². The highest BCUT2D eigenvalue weighted by atomic mass is 16.5. The predicted molar refractivity (Wildman–Crippen MR) is 53.4 cm³/mol. The first-order valence-electron chi connectivity index (χ1n) is 4.92. The van der Waals surface area contributed by atoms with Crippen LogP contribution in [-0.2, 0) is 14.3 Å². The molecule has 5 heteroatoms. The van der Waals surface area contributed by atoms with Crippen LogP contribution in [0.1, 0.15) is 19.3 Å². The Balaban J connectivity index is 2.30. The van der Waals surface area contributed by atoms with Gasteiger partial charge in [-0.2, -0.15) is 0 Å². The second kappa shape index (κ2) is 5.50. The third-order valence-electron chi connectivity index (χ3n) is 2.24. The van der Waals surface area contributed by atoms with E-state index in [9.17, 15) is 9.59 Å². The van der Waals surface area contributed by atoms with Gasteiger partial charge in [0.05, 0.1) is 0 Å². The van der Waals surface area contributed by atoms with E-state index in [0.29, 0.717) is 25.8 Å². The van der Waals surface area contributed by atoms with Gasteiger partial charge in [0.2, 0.25) is 5.91 Å². The highest BCUT2D eigenvalue weighted by Crippen LogP contribution is 2.19. The van der Waals surface area contributed by atoms with Crippen LogP contribution < -0.4 is 5.32 Å². The molecule has 1 aliphatic rings. The molecule has 1 saturated heterocycles. The van der Waals surface area contributed by atoms with Gasteiger partial charge in [-0.05, 0) is 19.3 Å². The third-order valence-corrected chi connectivity index (χ3v) is 2.24. The van der Waals surface area contributed by atoms with Crippen molar-refractivity contribution < 1.29 is 19.4 Å². The molecule has 0 unspecified atom stereocenters. The lowest BCUT2D eigenvalue weighted by Gasteiger charge is -2.10. The van der Waals surface area contributed by atoms with E-state index in [1.807, 2.05) is 0 Å². The van der Waals surface area contributed by atoms with E-state index in [4.69, 9.17) is 9.84 Å². The molecule has 2 N–H and O–H groups in total. The van der Waals surface area contributed by atoms with Gasteiger partial charge in [0.15, 0.2) is 6.10 Å². The summed E-state index contributed by atoms with van der Waals surface area (Å²) in [5.74, 6) is -1.24. The summed E-state index contributed by atoms with van der Waals surface area (Å²) >= 11 is 0. The van der Waals surface area contributed by atoms with Crippen molar-refractivity contribution in [2.45, 2.75) is 31.5 Å². The molecular formula is C10H15NO4. The van der Waals surface area contributed by atoms with Crippen LogP contribution in [-0.4, -0.2) is 35.7 Å². The summed E-state index contributed by atoms with van der Waals surface area (Å²) in [4.78, 5) is 22.0. The molecule has 0 aromatic carbocycles. The van der Waals surface area contributed by atoms with Gasteiger partial charge in [0.25, 0.3) is 0 Å². The summed E-state index contributed by atoms with van der Waals surface area (Å²) in [6.07, 6.45) is 1.82. The maximum absolute atomic E-state index is 11.4. The molecule has 0 aliphatic carbocycles. The number of hydrogen-bond acceptors (Lipinski definition) is 3. The number of rotatable bonds is 5. The summed E-state index contributed by atoms with van der Waals surface area (Å²) < 4.78 is 5.08. The summed E-state index contributed by atoms with van der Waals surface area (Å²) in [6, 6.07) is 0. The van der Waals surface area contributed by atoms with Crippen LogP contribution in [0.5, 0.6) is 0 Å². The van der Waals surface area contributed by atoms with Crippen molar-refractivity contribution in [2.75, 3.05) is 6.54 Å². The quantitative estimate of drug-likeness (QED) is 0.509. The molecule has 0 spiro atoms. The van der Waals surface area contributed by atoms with Crippen LogP contribution in [0.2, 0.25) is 0 Å². The van der Waals surface area contributed by atoms with Crippen LogP contribution >= 0.6 is 0 Å². The number of carbonyl (C=O) groups is 2. The molecule has 1 amide bonds. The van der Waals surface area contributed by atoms with Crippen LogP contribution in [0, 0.1) is 0 Å². The van der Waals surface area contributed by atoms with Crippen molar-refractivity contribution in [2.24, 2.45) is 0 Å². The van der Waals surface area contributed by atoms with E-state index < -0.39 is 18.2 Å². The van der Waals surface area contributed by atoms with E-state index in [1.54, 1.807) is 6.08 Å². The molecule has 0 bridgehead atoms. The number of carbonyl (C=O) groups excluding carboxylic acids is 1. The van der Waals surface area contributed by atoms with Gasteiger partial charge in [-0.15, -0.1) is 6.58 Å². The summed E-state index contributed by atoms with van der Waals surface area (Å²) in [5.41, 5.74) is 0. The lowest BCUT2D eigenvalue weighted by atomic mass is 10.2. The zero-order valence-electron chi connectivity index (χ0n) is 8.44. The number of nitrogens with one attached hydrogen (secondary N) is 1. The molecule has 0 aromatic heterocycles. The van der Waals surface area contributed by atoms with Crippen LogP contribution in [0.4, 0.5) is 0 Å². The number of carboxylic acids is 1. The van der Waals surface area contributed by atoms with Crippen molar-refractivity contribution in [1.82, 2.24) is 5.32 Å². The first kappa shape index (κ1) is 11.7. The number of ether oxygens (including phenoxy) is 1. The molecule has 1 rings (SSSR count). The summed E-state index contributed by atoms with van der Waals surface area (Å²) in [6.45, 7) is 4.04. The minimum Gasteiger partial charge on any atom is -0.479 e. The molecule has 1 heterocycles. The first-order valence-corrected chi connectivity index (χ1v) is 4.92. The van der Waals surface area contributed by atoms with Crippen LogP contribution in [0.15, 0.2) is 12.7 Å². The van der Waals surface area contributed by atoms with Crippen LogP contribution in [0.3, 0.4) is 0 Å². The van der Waals surface area contributed by atoms with E-state index in [1.165, 1.54) is 0 Å². The maximum Gasteiger partial charge on any atom is 0.332 e. The molecule has 0 aromatic rings. The zero-order chi connectivity index (χ0) is 11.3. The molecule has 1 aliphatic heterocycles. The lowest BCUT2D eigenvalue weighted by molar-refractivity contribution is -0.151. The van der Waals surface area contributed by atoms with E-state index in [-0.39, 0.29) is 5.91 Å². The highest BCUT2D eigenvalue weighted by molar-refractivity contribution is 5.82. The fourth-order valence-corrected chi connectivity index (χ4v) is 1.42. The SMILES string of the molecule is C=CCCNC(=O)[C@@H]1CC[C@H](C(=O)O)O1. The normalized spacial score (nSPS) is 24.8. The number of amides is 1. The molecule has 1 fully saturated rings. The first-order chi connectivity index (χ1) is 7.15. The molecule has 5 nitrogen and oxygen atoms in total. The fraction of sp³-hybridized carbons (Fsp3) is 0.600. The topological polar surface area (TPSA) is 75.6 Å². The Bertz CT molecular complexity index is 264. The van der Waals surface area contributed by atoms with E-state index >= 15 is 0 Å². The Hall–Kier alpha value is -1.36. The molecule has 0 radical (unpaired) electrons. The standard InChI is InChI=1S/C10H15NO4/c1-2-3-6-11-9(12)7-4-5-8(15-7)10(13)14/h2,7-8H,1,3-6H2,(H,11,12)(H,13,14)/t7-,8+/m0/s1. The molecular weight excluding hydrogens is 198 g/mol. The monoisotopic (exact) mass is 213 g/mol. The molecule has 15 heavy (non-hydrogen) atoms. The van der Waals surface area contributed by atoms with Crippen molar-refractivity contribution in [3.05, 3.63) is 12.7 Å². The Kier molecular flexibility index (Phi) is 4.30. The Morgan fingerprint density at radius 1 is 1.47 bits per heavy atom. The second-order valence-corrected chi connectivity index (χ2v) is 3.40. The zero-order valence-corrected chi connectivity index (χ0v) is 8.44. The Morgan fingerprint density at radius 3 is 2.67 bits per heavy atom. The molecule has 0 saturated carbocycles. The number of aliphatic carboxylic acids is 1. The van der Waals surface area contributed by atoms with Crippen LogP contribution in [0.25, 0.3) is 0 Å². The average molecular weight is 213 g/mol. The van der Waals surface area contributed by atoms with Crippen molar-refractivity contribution in [3.63, 3.8) is 0 Å². The fourth-order valence-electron chi connectivity index (χ4n) is 1.42. The van der Waals surface area contributed by atoms with Gasteiger partial charge in [-0.25, -0.2) is 4.79 Å². The van der Waals surface area contributed by atoms with E-state index in [0.717, 1.165) is 0 Å². The summed E-state index contributed by atoms with van der Waals surface area (Å²) in [5, 5.41) is 11.3. The van der Waals surface area contributed by atoms with Gasteiger partial charge in [0, 0.05) is 6.54 Å². The molecule has 84 valence electrons. The van der Waals surface area contributed by atoms with Gasteiger partial charge in [-0.1, -0.05) is 6.08 Å². The van der Waals surface area contributed by atoms with Crippen molar-refractivity contribution in [1.29, 1.82) is 0 Å². The average Bonchev–Trinajstić information content (AvgIpc) is 2.66. The summed E-state index contributed by atoms with van der Waals surface area (Å²) in [7, 11) is 0. The minimum absolute atomic E-state index is 0.236. The third kappa shape index (κ3) is 3.36. The minimum atomic E-state index is -1.00. The number of hydrogen-bond donors (Lipinski definition) is 2. The highest BCUT2D eigenvalue weighted by Gasteiger charge is 2.34. The predicted octanol–water partition coefficient (Wildman–Crippen LogP) is 0.311. The number of carboxylic acid groups (broad SMARTS) is 1. The van der Waals surface area contributed by atoms with Gasteiger partial charge >= 0.3 is 5.97 Å². The van der Waals surface area contributed by atoms with E-state index in [2.05, 4.69) is 11.9 Å². The van der Waals surface area contributed by atoms with Crippen molar-refractivity contribution >= 4 is 11.9 Å². The largest absolute Gasteiger partial charge is 0.479 e. The molecule has 2 atom stereocenters. The van der Waals surface area contributed by atoms with Crippen molar-refractivity contribution in [3.8, 4) is 0 Å². The van der Waals surface area contributed by atoms with Gasteiger partial charge in [-0.3, -0.25) is 4.79 Å². The lowest BCUT2D eigenvalue weighted by Crippen LogP contribution is -2.35. The second-order valence-electron chi connectivity index (χ2n) is 3.40. The Labute approximate surface area is 88.1 Å². The maximum atomic E-state index is 11.4.